The van der Waals surface area contributed by atoms with Crippen molar-refractivity contribution < 1.29 is 41.0 Å². The summed E-state index contributed by atoms with van der Waals surface area (Å²) in [5.74, 6) is -1.94. The molecule has 0 bridgehead atoms. The van der Waals surface area contributed by atoms with E-state index < -0.39 is 46.4 Å². The van der Waals surface area contributed by atoms with E-state index in [1.165, 1.54) is 35.6 Å². The fourth-order valence-electron chi connectivity index (χ4n) is 3.59. The number of anilines is 1. The molecule has 2 heterocycles. The molecule has 34 heavy (non-hydrogen) atoms. The molecular formula is C20H23F3N4O6S. The van der Waals surface area contributed by atoms with Gasteiger partial charge in [0.05, 0.1) is 11.5 Å². The van der Waals surface area contributed by atoms with Crippen molar-refractivity contribution in [2.75, 3.05) is 31.7 Å². The van der Waals surface area contributed by atoms with Gasteiger partial charge in [0.2, 0.25) is 10.0 Å². The summed E-state index contributed by atoms with van der Waals surface area (Å²) in [4.78, 5) is 24.2. The Morgan fingerprint density at radius 2 is 1.94 bits per heavy atom. The second-order valence-electron chi connectivity index (χ2n) is 7.70. The van der Waals surface area contributed by atoms with E-state index in [4.69, 9.17) is 9.84 Å². The molecule has 1 aromatic heterocycles. The van der Waals surface area contributed by atoms with Gasteiger partial charge in [-0.05, 0) is 37.1 Å². The molecule has 1 aromatic carbocycles. The molecule has 1 fully saturated rings. The van der Waals surface area contributed by atoms with Crippen molar-refractivity contribution in [2.45, 2.75) is 36.4 Å². The van der Waals surface area contributed by atoms with Crippen molar-refractivity contribution in [1.29, 1.82) is 0 Å². The van der Waals surface area contributed by atoms with Crippen LogP contribution < -0.4 is 4.90 Å². The maximum atomic E-state index is 13.2. The van der Waals surface area contributed by atoms with Crippen LogP contribution in [0.15, 0.2) is 35.2 Å². The summed E-state index contributed by atoms with van der Waals surface area (Å²) < 4.78 is 70.9. The van der Waals surface area contributed by atoms with Crippen LogP contribution in [0.4, 0.5) is 18.9 Å². The van der Waals surface area contributed by atoms with Crippen molar-refractivity contribution in [3.05, 3.63) is 41.7 Å². The van der Waals surface area contributed by atoms with Gasteiger partial charge in [-0.1, -0.05) is 6.42 Å². The van der Waals surface area contributed by atoms with Crippen molar-refractivity contribution in [3.63, 3.8) is 0 Å². The number of nitrogens with zero attached hydrogens (tertiary/aromatic N) is 3. The number of piperidine rings is 1. The SMILES string of the molecule is CN(C(=O)c1cc(C(F)(F)F)n[nH]1)c1ccc(S(=O)(=O)N2CCCCC2COCC(=O)O)cc1. The molecule has 2 N–H and O–H groups in total. The number of rotatable bonds is 8. The second-order valence-corrected chi connectivity index (χ2v) is 9.59. The number of ether oxygens (including phenoxy) is 1. The van der Waals surface area contributed by atoms with E-state index in [9.17, 15) is 31.2 Å². The van der Waals surface area contributed by atoms with Crippen molar-refractivity contribution in [2.24, 2.45) is 0 Å². The van der Waals surface area contributed by atoms with Gasteiger partial charge in [-0.25, -0.2) is 13.2 Å². The van der Waals surface area contributed by atoms with Gasteiger partial charge in [-0.15, -0.1) is 0 Å². The number of carboxylic acids is 1. The number of alkyl halides is 3. The fraction of sp³-hybridized carbons (Fsp3) is 0.450. The molecule has 14 heteroatoms. The summed E-state index contributed by atoms with van der Waals surface area (Å²) in [6, 6.07) is 5.42. The maximum Gasteiger partial charge on any atom is 0.435 e. The van der Waals surface area contributed by atoms with E-state index in [1.54, 1.807) is 0 Å². The maximum absolute atomic E-state index is 13.2. The minimum atomic E-state index is -4.70. The van der Waals surface area contributed by atoms with Gasteiger partial charge in [-0.2, -0.15) is 22.6 Å². The first-order valence-electron chi connectivity index (χ1n) is 10.2. The van der Waals surface area contributed by atoms with Crippen molar-refractivity contribution >= 4 is 27.6 Å². The summed E-state index contributed by atoms with van der Waals surface area (Å²) in [7, 11) is -2.59. The number of carboxylic acid groups (broad SMARTS) is 1. The van der Waals surface area contributed by atoms with Crippen molar-refractivity contribution in [3.8, 4) is 0 Å². The Kier molecular flexibility index (Phi) is 7.63. The fourth-order valence-corrected chi connectivity index (χ4v) is 5.27. The Balaban J connectivity index is 1.74. The number of aromatic amines is 1. The molecule has 1 aliphatic rings. The lowest BCUT2D eigenvalue weighted by Gasteiger charge is -2.34. The molecule has 1 aliphatic heterocycles. The zero-order chi connectivity index (χ0) is 25.1. The van der Waals surface area contributed by atoms with Crippen LogP contribution >= 0.6 is 0 Å². The molecule has 186 valence electrons. The van der Waals surface area contributed by atoms with Crippen LogP contribution in [0.2, 0.25) is 0 Å². The molecule has 0 radical (unpaired) electrons. The van der Waals surface area contributed by atoms with Gasteiger partial charge >= 0.3 is 12.1 Å². The third-order valence-corrected chi connectivity index (χ3v) is 7.31. The quantitative estimate of drug-likeness (QED) is 0.564. The molecule has 10 nitrogen and oxygen atoms in total. The number of halogens is 3. The van der Waals surface area contributed by atoms with Gasteiger partial charge in [0.25, 0.3) is 5.91 Å². The first-order chi connectivity index (χ1) is 15.9. The van der Waals surface area contributed by atoms with Gasteiger partial charge in [0.1, 0.15) is 12.3 Å². The molecule has 1 amide bonds. The number of H-pyrrole nitrogens is 1. The summed E-state index contributed by atoms with van der Waals surface area (Å²) in [5.41, 5.74) is -1.34. The molecule has 1 unspecified atom stereocenters. The Hall–Kier alpha value is -2.97. The number of benzene rings is 1. The monoisotopic (exact) mass is 504 g/mol. The van der Waals surface area contributed by atoms with E-state index in [0.717, 1.165) is 11.3 Å². The lowest BCUT2D eigenvalue weighted by molar-refractivity contribution is -0.143. The number of aliphatic carboxylic acids is 1. The first kappa shape index (κ1) is 25.6. The van der Waals surface area contributed by atoms with Crippen LogP contribution in [0.1, 0.15) is 35.4 Å². The predicted molar refractivity (Wildman–Crippen MR) is 113 cm³/mol. The largest absolute Gasteiger partial charge is 0.480 e. The number of carbonyl (C=O) groups excluding carboxylic acids is 1. The van der Waals surface area contributed by atoms with Gasteiger partial charge in [0, 0.05) is 31.4 Å². The number of nitrogens with one attached hydrogen (secondary N) is 1. The Morgan fingerprint density at radius 1 is 1.26 bits per heavy atom. The third-order valence-electron chi connectivity index (χ3n) is 5.34. The van der Waals surface area contributed by atoms with E-state index in [1.807, 2.05) is 0 Å². The molecule has 3 rings (SSSR count). The van der Waals surface area contributed by atoms with Gasteiger partial charge in [-0.3, -0.25) is 9.89 Å². The molecule has 0 aliphatic carbocycles. The number of sulfonamides is 1. The van der Waals surface area contributed by atoms with E-state index >= 15 is 0 Å². The number of carbonyl (C=O) groups is 2. The highest BCUT2D eigenvalue weighted by atomic mass is 32.2. The molecule has 0 saturated carbocycles. The standard InChI is InChI=1S/C20H23F3N4O6S/c1-26(19(30)16-10-17(25-24-16)20(21,22)23)13-5-7-15(8-6-13)34(31,32)27-9-3-2-4-14(27)11-33-12-18(28)29/h5-8,10,14H,2-4,9,11-12H2,1H3,(H,24,25)(H,28,29). The number of hydrogen-bond donors (Lipinski definition) is 2. The van der Waals surface area contributed by atoms with Crippen LogP contribution in [0.3, 0.4) is 0 Å². The highest BCUT2D eigenvalue weighted by Gasteiger charge is 2.35. The Bertz CT molecular complexity index is 1130. The first-order valence-corrected chi connectivity index (χ1v) is 11.7. The zero-order valence-corrected chi connectivity index (χ0v) is 18.9. The molecule has 2 aromatic rings. The zero-order valence-electron chi connectivity index (χ0n) is 18.1. The Morgan fingerprint density at radius 3 is 2.53 bits per heavy atom. The van der Waals surface area contributed by atoms with Crippen LogP contribution in [0.25, 0.3) is 0 Å². The smallest absolute Gasteiger partial charge is 0.435 e. The highest BCUT2D eigenvalue weighted by molar-refractivity contribution is 7.89. The van der Waals surface area contributed by atoms with Gasteiger partial charge in [0.15, 0.2) is 5.69 Å². The summed E-state index contributed by atoms with van der Waals surface area (Å²) >= 11 is 0. The highest BCUT2D eigenvalue weighted by Crippen LogP contribution is 2.29. The average Bonchev–Trinajstić information content (AvgIpc) is 3.29. The summed E-state index contributed by atoms with van der Waals surface area (Å²) in [5, 5.41) is 13.9. The summed E-state index contributed by atoms with van der Waals surface area (Å²) in [6.45, 7) is -0.323. The Labute approximate surface area is 193 Å². The third kappa shape index (κ3) is 5.74. The molecular weight excluding hydrogens is 481 g/mol. The van der Waals surface area contributed by atoms with Crippen LogP contribution in [-0.4, -0.2) is 72.8 Å². The van der Waals surface area contributed by atoms with E-state index in [-0.39, 0.29) is 29.4 Å². The van der Waals surface area contributed by atoms with Crippen LogP contribution in [0, 0.1) is 0 Å². The topological polar surface area (TPSA) is 133 Å². The van der Waals surface area contributed by atoms with Crippen molar-refractivity contribution in [1.82, 2.24) is 14.5 Å². The lowest BCUT2D eigenvalue weighted by atomic mass is 10.1. The van der Waals surface area contributed by atoms with E-state index in [2.05, 4.69) is 10.2 Å². The van der Waals surface area contributed by atoms with Gasteiger partial charge < -0.3 is 14.7 Å². The predicted octanol–water partition coefficient (Wildman–Crippen LogP) is 2.35. The minimum absolute atomic E-state index is 0.0388. The second kappa shape index (κ2) is 10.1. The number of aromatic nitrogens is 2. The number of hydrogen-bond acceptors (Lipinski definition) is 6. The van der Waals surface area contributed by atoms with Crippen LogP contribution in [-0.2, 0) is 25.7 Å². The molecule has 1 saturated heterocycles. The average molecular weight is 504 g/mol. The number of amides is 1. The lowest BCUT2D eigenvalue weighted by Crippen LogP contribution is -2.46. The molecule has 0 spiro atoms. The van der Waals surface area contributed by atoms with Crippen LogP contribution in [0.5, 0.6) is 0 Å². The summed E-state index contributed by atoms with van der Waals surface area (Å²) in [6.07, 6.45) is -2.75. The molecule has 1 atom stereocenters. The van der Waals surface area contributed by atoms with E-state index in [0.29, 0.717) is 18.9 Å². The minimum Gasteiger partial charge on any atom is -0.480 e. The normalized spacial score (nSPS) is 17.5.